The first kappa shape index (κ1) is 18.5. The molecule has 0 fully saturated rings. The van der Waals surface area contributed by atoms with Crippen molar-refractivity contribution in [2.45, 2.75) is 40.5 Å². The Hall–Kier alpha value is -1.88. The van der Waals surface area contributed by atoms with Gasteiger partial charge in [-0.25, -0.2) is 4.98 Å². The maximum Gasteiger partial charge on any atom is 0.224 e. The van der Waals surface area contributed by atoms with Crippen LogP contribution in [0.3, 0.4) is 0 Å². The molecule has 2 aromatic rings. The molecule has 1 aromatic carbocycles. The fourth-order valence-electron chi connectivity index (χ4n) is 2.93. The molecular weight excluding hydrogens is 300 g/mol. The molecule has 5 nitrogen and oxygen atoms in total. The summed E-state index contributed by atoms with van der Waals surface area (Å²) in [4.78, 5) is 19.1. The van der Waals surface area contributed by atoms with Gasteiger partial charge in [0, 0.05) is 32.1 Å². The van der Waals surface area contributed by atoms with Crippen LogP contribution >= 0.6 is 0 Å². The number of imidazole rings is 1. The average molecular weight is 330 g/mol. The summed E-state index contributed by atoms with van der Waals surface area (Å²) in [7, 11) is 2.06. The average Bonchev–Trinajstić information content (AvgIpc) is 2.83. The van der Waals surface area contributed by atoms with Gasteiger partial charge in [0.2, 0.25) is 5.91 Å². The van der Waals surface area contributed by atoms with Crippen LogP contribution in [0, 0.1) is 5.92 Å². The zero-order valence-electron chi connectivity index (χ0n) is 15.6. The summed E-state index contributed by atoms with van der Waals surface area (Å²) in [6.07, 6.45) is 1.47. The number of aryl methyl sites for hydroxylation is 1. The van der Waals surface area contributed by atoms with Crippen molar-refractivity contribution in [2.75, 3.05) is 25.0 Å². The Morgan fingerprint density at radius 1 is 1.29 bits per heavy atom. The van der Waals surface area contributed by atoms with Crippen LogP contribution in [-0.2, 0) is 18.3 Å². The summed E-state index contributed by atoms with van der Waals surface area (Å²) in [5, 5.41) is 2.97. The molecule has 0 aliphatic carbocycles. The van der Waals surface area contributed by atoms with Gasteiger partial charge in [0.25, 0.3) is 0 Å². The van der Waals surface area contributed by atoms with Gasteiger partial charge < -0.3 is 14.8 Å². The SMILES string of the molecule is CCN(CC)CCc1nc2cc(NC(=O)CC(C)C)ccc2n1C. The molecule has 0 bridgehead atoms. The maximum atomic E-state index is 11.9. The number of carbonyl (C=O) groups excluding carboxylic acids is 1. The number of likely N-dealkylation sites (N-methyl/N-ethyl adjacent to an activating group) is 1. The minimum atomic E-state index is 0.0574. The number of anilines is 1. The molecule has 2 rings (SSSR count). The van der Waals surface area contributed by atoms with Crippen molar-refractivity contribution in [2.24, 2.45) is 13.0 Å². The molecule has 0 spiro atoms. The van der Waals surface area contributed by atoms with Crippen LogP contribution in [0.2, 0.25) is 0 Å². The zero-order chi connectivity index (χ0) is 17.7. The Labute approximate surface area is 145 Å². The standard InChI is InChI=1S/C19H30N4O/c1-6-23(7-2)11-10-18-21-16-13-15(8-9-17(16)22(18)5)20-19(24)12-14(3)4/h8-9,13-14H,6-7,10-12H2,1-5H3,(H,20,24). The van der Waals surface area contributed by atoms with Gasteiger partial charge in [-0.3, -0.25) is 4.79 Å². The van der Waals surface area contributed by atoms with Gasteiger partial charge in [-0.15, -0.1) is 0 Å². The Bertz CT molecular complexity index is 686. The number of carbonyl (C=O) groups is 1. The first-order valence-corrected chi connectivity index (χ1v) is 8.92. The first-order chi connectivity index (χ1) is 11.4. The van der Waals surface area contributed by atoms with Crippen LogP contribution < -0.4 is 5.32 Å². The van der Waals surface area contributed by atoms with Gasteiger partial charge in [0.15, 0.2) is 0 Å². The van der Waals surface area contributed by atoms with Gasteiger partial charge in [-0.1, -0.05) is 27.7 Å². The van der Waals surface area contributed by atoms with E-state index in [1.807, 2.05) is 32.0 Å². The molecule has 0 radical (unpaired) electrons. The van der Waals surface area contributed by atoms with Crippen molar-refractivity contribution in [3.05, 3.63) is 24.0 Å². The van der Waals surface area contributed by atoms with E-state index in [-0.39, 0.29) is 5.91 Å². The monoisotopic (exact) mass is 330 g/mol. The number of amides is 1. The van der Waals surface area contributed by atoms with Crippen LogP contribution in [-0.4, -0.2) is 40.0 Å². The van der Waals surface area contributed by atoms with E-state index in [0.29, 0.717) is 12.3 Å². The van der Waals surface area contributed by atoms with Gasteiger partial charge in [0.1, 0.15) is 5.82 Å². The number of fused-ring (bicyclic) bond motifs is 1. The zero-order valence-corrected chi connectivity index (χ0v) is 15.6. The molecule has 0 unspecified atom stereocenters. The van der Waals surface area contributed by atoms with Crippen LogP contribution in [0.5, 0.6) is 0 Å². The minimum absolute atomic E-state index is 0.0574. The second-order valence-electron chi connectivity index (χ2n) is 6.71. The first-order valence-electron chi connectivity index (χ1n) is 8.92. The van der Waals surface area contributed by atoms with Crippen molar-refractivity contribution >= 4 is 22.6 Å². The molecule has 5 heteroatoms. The quantitative estimate of drug-likeness (QED) is 0.806. The molecule has 132 valence electrons. The second-order valence-corrected chi connectivity index (χ2v) is 6.71. The third-order valence-electron chi connectivity index (χ3n) is 4.40. The van der Waals surface area contributed by atoms with Gasteiger partial charge in [-0.05, 0) is 37.2 Å². The normalized spacial score (nSPS) is 11.6. The van der Waals surface area contributed by atoms with Crippen molar-refractivity contribution in [3.8, 4) is 0 Å². The highest BCUT2D eigenvalue weighted by Crippen LogP contribution is 2.20. The van der Waals surface area contributed by atoms with Gasteiger partial charge >= 0.3 is 0 Å². The number of hydrogen-bond acceptors (Lipinski definition) is 3. The third-order valence-corrected chi connectivity index (χ3v) is 4.40. The fraction of sp³-hybridized carbons (Fsp3) is 0.579. The minimum Gasteiger partial charge on any atom is -0.331 e. The maximum absolute atomic E-state index is 11.9. The van der Waals surface area contributed by atoms with Crippen molar-refractivity contribution < 1.29 is 4.79 Å². The smallest absolute Gasteiger partial charge is 0.224 e. The number of nitrogens with zero attached hydrogens (tertiary/aromatic N) is 3. The fourth-order valence-corrected chi connectivity index (χ4v) is 2.93. The van der Waals surface area contributed by atoms with Crippen molar-refractivity contribution in [1.29, 1.82) is 0 Å². The van der Waals surface area contributed by atoms with Gasteiger partial charge in [0.05, 0.1) is 11.0 Å². The van der Waals surface area contributed by atoms with Crippen LogP contribution in [0.25, 0.3) is 11.0 Å². The lowest BCUT2D eigenvalue weighted by atomic mass is 10.1. The van der Waals surface area contributed by atoms with E-state index in [1.165, 1.54) is 0 Å². The summed E-state index contributed by atoms with van der Waals surface area (Å²) in [6.45, 7) is 11.6. The summed E-state index contributed by atoms with van der Waals surface area (Å²) in [5.41, 5.74) is 2.86. The van der Waals surface area contributed by atoms with E-state index in [4.69, 9.17) is 4.98 Å². The summed E-state index contributed by atoms with van der Waals surface area (Å²) < 4.78 is 2.15. The number of hydrogen-bond donors (Lipinski definition) is 1. The molecular formula is C19H30N4O. The Morgan fingerprint density at radius 2 is 2.00 bits per heavy atom. The molecule has 1 amide bonds. The Morgan fingerprint density at radius 3 is 2.62 bits per heavy atom. The van der Waals surface area contributed by atoms with E-state index < -0.39 is 0 Å². The van der Waals surface area contributed by atoms with Crippen LogP contribution in [0.4, 0.5) is 5.69 Å². The topological polar surface area (TPSA) is 50.2 Å². The molecule has 1 heterocycles. The van der Waals surface area contributed by atoms with Crippen LogP contribution in [0.1, 0.15) is 39.9 Å². The Balaban J connectivity index is 2.13. The predicted octanol–water partition coefficient (Wildman–Crippen LogP) is 3.44. The lowest BCUT2D eigenvalue weighted by Crippen LogP contribution is -2.26. The van der Waals surface area contributed by atoms with Crippen LogP contribution in [0.15, 0.2) is 18.2 Å². The highest BCUT2D eigenvalue weighted by Gasteiger charge is 2.11. The second kappa shape index (κ2) is 8.29. The molecule has 1 N–H and O–H groups in total. The van der Waals surface area contributed by atoms with Crippen molar-refractivity contribution in [1.82, 2.24) is 14.5 Å². The predicted molar refractivity (Wildman–Crippen MR) is 100 cm³/mol. The lowest BCUT2D eigenvalue weighted by Gasteiger charge is -2.17. The molecule has 0 saturated carbocycles. The molecule has 24 heavy (non-hydrogen) atoms. The molecule has 0 aliphatic rings. The molecule has 0 aliphatic heterocycles. The summed E-state index contributed by atoms with van der Waals surface area (Å²) in [6, 6.07) is 5.96. The van der Waals surface area contributed by atoms with E-state index in [2.05, 4.69) is 35.7 Å². The number of rotatable bonds is 8. The van der Waals surface area contributed by atoms with E-state index >= 15 is 0 Å². The number of aromatic nitrogens is 2. The molecule has 0 saturated heterocycles. The third kappa shape index (κ3) is 4.57. The largest absolute Gasteiger partial charge is 0.331 e. The summed E-state index contributed by atoms with van der Waals surface area (Å²) >= 11 is 0. The highest BCUT2D eigenvalue weighted by atomic mass is 16.1. The number of benzene rings is 1. The molecule has 1 aromatic heterocycles. The Kier molecular flexibility index (Phi) is 6.37. The highest BCUT2D eigenvalue weighted by molar-refractivity contribution is 5.93. The lowest BCUT2D eigenvalue weighted by molar-refractivity contribution is -0.116. The van der Waals surface area contributed by atoms with E-state index in [1.54, 1.807) is 0 Å². The van der Waals surface area contributed by atoms with E-state index in [9.17, 15) is 4.79 Å². The molecule has 0 atom stereocenters. The summed E-state index contributed by atoms with van der Waals surface area (Å²) in [5.74, 6) is 1.50. The van der Waals surface area contributed by atoms with Gasteiger partial charge in [-0.2, -0.15) is 0 Å². The number of nitrogens with one attached hydrogen (secondary N) is 1. The van der Waals surface area contributed by atoms with E-state index in [0.717, 1.165) is 48.6 Å². The van der Waals surface area contributed by atoms with Crippen molar-refractivity contribution in [3.63, 3.8) is 0 Å².